The Kier molecular flexibility index (Phi) is 4.17. The van der Waals surface area contributed by atoms with Crippen LogP contribution in [-0.2, 0) is 14.6 Å². The Morgan fingerprint density at radius 2 is 1.95 bits per heavy atom. The molecule has 6 nitrogen and oxygen atoms in total. The minimum Gasteiger partial charge on any atom is -0.481 e. The molecule has 0 aromatic heterocycles. The van der Waals surface area contributed by atoms with Crippen LogP contribution in [0.1, 0.15) is 32.1 Å². The van der Waals surface area contributed by atoms with Gasteiger partial charge in [0.25, 0.3) is 0 Å². The summed E-state index contributed by atoms with van der Waals surface area (Å²) in [5.74, 6) is -1.06. The maximum atomic E-state index is 11.6. The zero-order valence-corrected chi connectivity index (χ0v) is 11.7. The predicted molar refractivity (Wildman–Crippen MR) is 69.7 cm³/mol. The SMILES string of the molecule is O=C(O)CC1CS(=O)(=O)CCN1CC1(O)CCCC1. The molecule has 1 heterocycles. The van der Waals surface area contributed by atoms with Crippen molar-refractivity contribution in [2.24, 2.45) is 0 Å². The van der Waals surface area contributed by atoms with Crippen molar-refractivity contribution in [3.05, 3.63) is 0 Å². The Morgan fingerprint density at radius 3 is 2.53 bits per heavy atom. The molecule has 0 aromatic rings. The number of carbonyl (C=O) groups is 1. The van der Waals surface area contributed by atoms with Crippen molar-refractivity contribution < 1.29 is 23.4 Å². The molecule has 110 valence electrons. The van der Waals surface area contributed by atoms with E-state index in [0.29, 0.717) is 13.1 Å². The number of β-amino-alcohol motifs (C(OH)–C–C–N with tert-alkyl or cyclic N) is 1. The molecule has 1 unspecified atom stereocenters. The van der Waals surface area contributed by atoms with E-state index in [4.69, 9.17) is 5.11 Å². The van der Waals surface area contributed by atoms with Crippen molar-refractivity contribution in [3.8, 4) is 0 Å². The number of sulfone groups is 1. The molecule has 1 aliphatic carbocycles. The molecule has 0 amide bonds. The van der Waals surface area contributed by atoms with E-state index in [9.17, 15) is 18.3 Å². The Hall–Kier alpha value is -0.660. The summed E-state index contributed by atoms with van der Waals surface area (Å²) in [6.45, 7) is 0.711. The molecule has 1 aliphatic heterocycles. The number of hydrogen-bond acceptors (Lipinski definition) is 5. The average Bonchev–Trinajstić information content (AvgIpc) is 2.68. The predicted octanol–water partition coefficient (Wildman–Crippen LogP) is -0.135. The highest BCUT2D eigenvalue weighted by Crippen LogP contribution is 2.31. The fourth-order valence-corrected chi connectivity index (χ4v) is 4.68. The van der Waals surface area contributed by atoms with Gasteiger partial charge in [0.15, 0.2) is 9.84 Å². The minimum atomic E-state index is -3.15. The maximum absolute atomic E-state index is 11.6. The number of hydrogen-bond donors (Lipinski definition) is 2. The zero-order valence-electron chi connectivity index (χ0n) is 10.9. The van der Waals surface area contributed by atoms with Crippen molar-refractivity contribution in [1.29, 1.82) is 0 Å². The first kappa shape index (κ1) is 14.7. The quantitative estimate of drug-likeness (QED) is 0.749. The molecule has 19 heavy (non-hydrogen) atoms. The van der Waals surface area contributed by atoms with Crippen molar-refractivity contribution in [3.63, 3.8) is 0 Å². The third-order valence-corrected chi connectivity index (χ3v) is 5.79. The van der Waals surface area contributed by atoms with Gasteiger partial charge in [-0.2, -0.15) is 0 Å². The summed E-state index contributed by atoms with van der Waals surface area (Å²) in [5.41, 5.74) is -0.766. The van der Waals surface area contributed by atoms with Crippen LogP contribution in [0.25, 0.3) is 0 Å². The summed E-state index contributed by atoms with van der Waals surface area (Å²) in [4.78, 5) is 12.7. The van der Waals surface area contributed by atoms with Gasteiger partial charge >= 0.3 is 5.97 Å². The topological polar surface area (TPSA) is 94.9 Å². The number of carboxylic acids is 1. The highest BCUT2D eigenvalue weighted by atomic mass is 32.2. The van der Waals surface area contributed by atoms with Gasteiger partial charge in [-0.1, -0.05) is 12.8 Å². The largest absolute Gasteiger partial charge is 0.481 e. The van der Waals surface area contributed by atoms with Gasteiger partial charge in [0.1, 0.15) is 0 Å². The number of aliphatic hydroxyl groups is 1. The zero-order chi connectivity index (χ0) is 14.1. The molecule has 0 radical (unpaired) electrons. The monoisotopic (exact) mass is 291 g/mol. The van der Waals surface area contributed by atoms with Crippen LogP contribution in [0.3, 0.4) is 0 Å². The second-order valence-corrected chi connectivity index (χ2v) is 8.00. The highest BCUT2D eigenvalue weighted by Gasteiger charge is 2.39. The summed E-state index contributed by atoms with van der Waals surface area (Å²) in [6.07, 6.45) is 3.21. The average molecular weight is 291 g/mol. The number of aliphatic carboxylic acids is 1. The van der Waals surface area contributed by atoms with Gasteiger partial charge in [0.05, 0.1) is 23.5 Å². The molecule has 1 saturated heterocycles. The van der Waals surface area contributed by atoms with Gasteiger partial charge in [-0.3, -0.25) is 9.69 Å². The van der Waals surface area contributed by atoms with Crippen LogP contribution in [0, 0.1) is 0 Å². The van der Waals surface area contributed by atoms with E-state index in [-0.39, 0.29) is 17.9 Å². The molecule has 1 atom stereocenters. The molecule has 0 spiro atoms. The van der Waals surface area contributed by atoms with E-state index in [1.54, 1.807) is 0 Å². The lowest BCUT2D eigenvalue weighted by atomic mass is 10.0. The van der Waals surface area contributed by atoms with Crippen LogP contribution >= 0.6 is 0 Å². The van der Waals surface area contributed by atoms with Crippen molar-refractivity contribution in [2.45, 2.75) is 43.7 Å². The number of nitrogens with zero attached hydrogens (tertiary/aromatic N) is 1. The summed E-state index contributed by atoms with van der Waals surface area (Å²) in [7, 11) is -3.15. The number of rotatable bonds is 4. The molecule has 2 fully saturated rings. The third-order valence-electron chi connectivity index (χ3n) is 4.09. The Morgan fingerprint density at radius 1 is 1.32 bits per heavy atom. The highest BCUT2D eigenvalue weighted by molar-refractivity contribution is 7.91. The molecular weight excluding hydrogens is 270 g/mol. The second kappa shape index (κ2) is 5.38. The molecule has 2 N–H and O–H groups in total. The first-order valence-electron chi connectivity index (χ1n) is 6.68. The van der Waals surface area contributed by atoms with Crippen LogP contribution in [0.2, 0.25) is 0 Å². The Balaban J connectivity index is 2.06. The van der Waals surface area contributed by atoms with Gasteiger partial charge < -0.3 is 10.2 Å². The maximum Gasteiger partial charge on any atom is 0.304 e. The first-order chi connectivity index (χ1) is 8.80. The number of carboxylic acid groups (broad SMARTS) is 1. The van der Waals surface area contributed by atoms with Crippen molar-refractivity contribution >= 4 is 15.8 Å². The van der Waals surface area contributed by atoms with Crippen molar-refractivity contribution in [2.75, 3.05) is 24.6 Å². The Labute approximate surface area is 113 Å². The van der Waals surface area contributed by atoms with Gasteiger partial charge in [-0.25, -0.2) is 8.42 Å². The third kappa shape index (κ3) is 3.90. The van der Waals surface area contributed by atoms with Crippen LogP contribution in [0.5, 0.6) is 0 Å². The van der Waals surface area contributed by atoms with Crippen LogP contribution in [-0.4, -0.2) is 65.7 Å². The second-order valence-electron chi connectivity index (χ2n) is 5.77. The lowest BCUT2D eigenvalue weighted by Gasteiger charge is -2.39. The molecule has 2 aliphatic rings. The normalized spacial score (nSPS) is 30.3. The lowest BCUT2D eigenvalue weighted by Crippen LogP contribution is -2.54. The van der Waals surface area contributed by atoms with E-state index in [2.05, 4.69) is 0 Å². The molecule has 2 rings (SSSR count). The standard InChI is InChI=1S/C12H21NO5S/c14-11(15)7-10-8-19(17,18)6-5-13(10)9-12(16)3-1-2-4-12/h10,16H,1-9H2,(H,14,15). The van der Waals surface area contributed by atoms with Gasteiger partial charge in [0, 0.05) is 19.1 Å². The van der Waals surface area contributed by atoms with Crippen LogP contribution in [0.4, 0.5) is 0 Å². The molecule has 0 bridgehead atoms. The smallest absolute Gasteiger partial charge is 0.304 e. The fraction of sp³-hybridized carbons (Fsp3) is 0.917. The fourth-order valence-electron chi connectivity index (χ4n) is 3.09. The molecule has 0 aromatic carbocycles. The van der Waals surface area contributed by atoms with E-state index >= 15 is 0 Å². The summed E-state index contributed by atoms with van der Waals surface area (Å²) in [5, 5.41) is 19.3. The first-order valence-corrected chi connectivity index (χ1v) is 8.50. The van der Waals surface area contributed by atoms with Crippen molar-refractivity contribution in [1.82, 2.24) is 4.90 Å². The van der Waals surface area contributed by atoms with Gasteiger partial charge in [-0.15, -0.1) is 0 Å². The summed E-state index contributed by atoms with van der Waals surface area (Å²) in [6, 6.07) is -0.513. The summed E-state index contributed by atoms with van der Waals surface area (Å²) >= 11 is 0. The van der Waals surface area contributed by atoms with Gasteiger partial charge in [0.2, 0.25) is 0 Å². The van der Waals surface area contributed by atoms with E-state index in [1.165, 1.54) is 0 Å². The van der Waals surface area contributed by atoms with E-state index in [1.807, 2.05) is 4.90 Å². The molecular formula is C12H21NO5S. The Bertz CT molecular complexity index is 441. The van der Waals surface area contributed by atoms with E-state index < -0.39 is 27.4 Å². The van der Waals surface area contributed by atoms with Crippen LogP contribution in [0.15, 0.2) is 0 Å². The van der Waals surface area contributed by atoms with Crippen LogP contribution < -0.4 is 0 Å². The van der Waals surface area contributed by atoms with Gasteiger partial charge in [-0.05, 0) is 12.8 Å². The molecule has 7 heteroatoms. The summed E-state index contributed by atoms with van der Waals surface area (Å²) < 4.78 is 23.2. The lowest BCUT2D eigenvalue weighted by molar-refractivity contribution is -0.138. The molecule has 1 saturated carbocycles. The minimum absolute atomic E-state index is 0.0548. The van der Waals surface area contributed by atoms with E-state index in [0.717, 1.165) is 25.7 Å².